The molecule has 1 aromatic carbocycles. The van der Waals surface area contributed by atoms with Crippen LogP contribution < -0.4 is 0 Å². The van der Waals surface area contributed by atoms with Crippen molar-refractivity contribution in [2.75, 3.05) is 0 Å². The molecule has 1 radical (unpaired) electrons. The Morgan fingerprint density at radius 1 is 1.08 bits per heavy atom. The molecule has 65 valence electrons. The molecule has 2 rings (SSSR count). The summed E-state index contributed by atoms with van der Waals surface area (Å²) in [5.74, 6) is -1.63. The fourth-order valence-electron chi connectivity index (χ4n) is 1.05. The van der Waals surface area contributed by atoms with E-state index >= 15 is 0 Å². The molecule has 0 unspecified atom stereocenters. The summed E-state index contributed by atoms with van der Waals surface area (Å²) >= 11 is 1.38. The smallest absolute Gasteiger partial charge is 0.159 e. The Kier molecular flexibility index (Phi) is 2.10. The summed E-state index contributed by atoms with van der Waals surface area (Å²) in [7, 11) is 0. The predicted octanol–water partition coefficient (Wildman–Crippen LogP) is 3.49. The van der Waals surface area contributed by atoms with Crippen LogP contribution in [-0.4, -0.2) is 0 Å². The van der Waals surface area contributed by atoms with Crippen LogP contribution in [-0.2, 0) is 0 Å². The van der Waals surface area contributed by atoms with Gasteiger partial charge in [0.25, 0.3) is 0 Å². The molecule has 0 spiro atoms. The first-order valence-corrected chi connectivity index (χ1v) is 4.50. The van der Waals surface area contributed by atoms with E-state index in [4.69, 9.17) is 0 Å². The fraction of sp³-hybridized carbons (Fsp3) is 0. The average Bonchev–Trinajstić information content (AvgIpc) is 2.62. The van der Waals surface area contributed by atoms with Crippen LogP contribution in [0.5, 0.6) is 0 Å². The molecule has 1 heterocycles. The highest BCUT2D eigenvalue weighted by atomic mass is 32.1. The standard InChI is InChI=1S/C10H5F2S/c11-8-4-3-7(6-9(8)12)10-2-1-5-13-10/h1-4,6H. The van der Waals surface area contributed by atoms with E-state index in [1.54, 1.807) is 12.1 Å². The Balaban J connectivity index is 2.49. The molecule has 0 N–H and O–H groups in total. The molecule has 0 saturated carbocycles. The Labute approximate surface area is 78.5 Å². The van der Waals surface area contributed by atoms with E-state index < -0.39 is 11.6 Å². The molecule has 13 heavy (non-hydrogen) atoms. The van der Waals surface area contributed by atoms with Crippen molar-refractivity contribution in [3.05, 3.63) is 47.3 Å². The lowest BCUT2D eigenvalue weighted by atomic mass is 10.2. The van der Waals surface area contributed by atoms with Gasteiger partial charge in [-0.15, -0.1) is 11.3 Å². The van der Waals surface area contributed by atoms with E-state index in [1.165, 1.54) is 17.4 Å². The minimum absolute atomic E-state index is 0.685. The van der Waals surface area contributed by atoms with Gasteiger partial charge < -0.3 is 0 Å². The molecule has 0 amide bonds. The zero-order valence-electron chi connectivity index (χ0n) is 6.55. The highest BCUT2D eigenvalue weighted by Crippen LogP contribution is 2.25. The Morgan fingerprint density at radius 2 is 1.92 bits per heavy atom. The average molecular weight is 195 g/mol. The molecule has 0 fully saturated rings. The van der Waals surface area contributed by atoms with Gasteiger partial charge in [-0.3, -0.25) is 0 Å². The molecule has 0 aliphatic heterocycles. The normalized spacial score (nSPS) is 10.3. The maximum atomic E-state index is 12.8. The second-order valence-corrected chi connectivity index (χ2v) is 3.43. The van der Waals surface area contributed by atoms with Crippen LogP contribution in [0.2, 0.25) is 0 Å². The molecule has 1 aromatic heterocycles. The van der Waals surface area contributed by atoms with Gasteiger partial charge in [-0.05, 0) is 29.8 Å². The van der Waals surface area contributed by atoms with Crippen molar-refractivity contribution in [2.45, 2.75) is 0 Å². The summed E-state index contributed by atoms with van der Waals surface area (Å²) in [6.07, 6.45) is 0. The van der Waals surface area contributed by atoms with Crippen LogP contribution in [0.1, 0.15) is 0 Å². The Bertz CT molecular complexity index is 407. The summed E-state index contributed by atoms with van der Waals surface area (Å²) < 4.78 is 25.4. The maximum absolute atomic E-state index is 12.8. The van der Waals surface area contributed by atoms with Crippen LogP contribution in [0.3, 0.4) is 0 Å². The van der Waals surface area contributed by atoms with Crippen LogP contribution in [0, 0.1) is 17.0 Å². The van der Waals surface area contributed by atoms with E-state index in [2.05, 4.69) is 5.38 Å². The summed E-state index contributed by atoms with van der Waals surface area (Å²) in [6, 6.07) is 7.44. The zero-order chi connectivity index (χ0) is 9.26. The summed E-state index contributed by atoms with van der Waals surface area (Å²) in [6.45, 7) is 0. The summed E-state index contributed by atoms with van der Waals surface area (Å²) in [5, 5.41) is 2.89. The third kappa shape index (κ3) is 1.60. The number of hydrogen-bond acceptors (Lipinski definition) is 1. The second-order valence-electron chi connectivity index (χ2n) is 2.55. The molecular formula is C10H5F2S. The molecule has 0 aliphatic rings. The predicted molar refractivity (Wildman–Crippen MR) is 48.5 cm³/mol. The SMILES string of the molecule is Fc1ccc(-c2cc[c]s2)cc1F. The monoisotopic (exact) mass is 195 g/mol. The highest BCUT2D eigenvalue weighted by Gasteiger charge is 2.04. The molecule has 3 heteroatoms. The van der Waals surface area contributed by atoms with Crippen LogP contribution in [0.25, 0.3) is 10.4 Å². The molecule has 0 bridgehead atoms. The van der Waals surface area contributed by atoms with Gasteiger partial charge in [0.2, 0.25) is 0 Å². The second kappa shape index (κ2) is 3.26. The van der Waals surface area contributed by atoms with E-state index in [0.717, 1.165) is 10.9 Å². The van der Waals surface area contributed by atoms with Crippen molar-refractivity contribution < 1.29 is 8.78 Å². The summed E-state index contributed by atoms with van der Waals surface area (Å²) in [4.78, 5) is 0.888. The molecule has 0 saturated heterocycles. The zero-order valence-corrected chi connectivity index (χ0v) is 7.37. The minimum Gasteiger partial charge on any atom is -0.204 e. The lowest BCUT2D eigenvalue weighted by Crippen LogP contribution is -1.83. The first-order valence-electron chi connectivity index (χ1n) is 3.68. The number of hydrogen-bond donors (Lipinski definition) is 0. The van der Waals surface area contributed by atoms with Crippen molar-refractivity contribution in [1.29, 1.82) is 0 Å². The quantitative estimate of drug-likeness (QED) is 0.653. The molecular weight excluding hydrogens is 190 g/mol. The number of halogens is 2. The van der Waals surface area contributed by atoms with Gasteiger partial charge in [-0.1, -0.05) is 6.07 Å². The first-order chi connectivity index (χ1) is 6.27. The largest absolute Gasteiger partial charge is 0.204 e. The van der Waals surface area contributed by atoms with E-state index in [-0.39, 0.29) is 0 Å². The van der Waals surface area contributed by atoms with Gasteiger partial charge in [-0.2, -0.15) is 0 Å². The first kappa shape index (κ1) is 8.38. The van der Waals surface area contributed by atoms with Crippen molar-refractivity contribution in [1.82, 2.24) is 0 Å². The fourth-order valence-corrected chi connectivity index (χ4v) is 1.69. The topological polar surface area (TPSA) is 0 Å². The van der Waals surface area contributed by atoms with E-state index in [1.807, 2.05) is 6.07 Å². The number of thiophene rings is 1. The third-order valence-electron chi connectivity index (χ3n) is 1.68. The van der Waals surface area contributed by atoms with E-state index in [0.29, 0.717) is 5.56 Å². The maximum Gasteiger partial charge on any atom is 0.159 e. The molecule has 2 aromatic rings. The lowest BCUT2D eigenvalue weighted by molar-refractivity contribution is 0.509. The third-order valence-corrected chi connectivity index (χ3v) is 2.52. The van der Waals surface area contributed by atoms with Gasteiger partial charge >= 0.3 is 0 Å². The molecule has 0 atom stereocenters. The Morgan fingerprint density at radius 3 is 2.54 bits per heavy atom. The molecule has 0 aliphatic carbocycles. The van der Waals surface area contributed by atoms with E-state index in [9.17, 15) is 8.78 Å². The summed E-state index contributed by atoms with van der Waals surface area (Å²) in [5.41, 5.74) is 0.685. The van der Waals surface area contributed by atoms with Gasteiger partial charge in [0.15, 0.2) is 11.6 Å². The highest BCUT2D eigenvalue weighted by molar-refractivity contribution is 7.13. The lowest BCUT2D eigenvalue weighted by Gasteiger charge is -1.97. The van der Waals surface area contributed by atoms with Gasteiger partial charge in [0.1, 0.15) is 0 Å². The number of rotatable bonds is 1. The van der Waals surface area contributed by atoms with Gasteiger partial charge in [-0.25, -0.2) is 8.78 Å². The molecule has 0 nitrogen and oxygen atoms in total. The van der Waals surface area contributed by atoms with Crippen LogP contribution >= 0.6 is 11.3 Å². The van der Waals surface area contributed by atoms with Gasteiger partial charge in [0, 0.05) is 10.3 Å². The minimum atomic E-state index is -0.815. The van der Waals surface area contributed by atoms with Crippen molar-refractivity contribution >= 4 is 11.3 Å². The van der Waals surface area contributed by atoms with Crippen molar-refractivity contribution in [2.24, 2.45) is 0 Å². The van der Waals surface area contributed by atoms with Crippen molar-refractivity contribution in [3.63, 3.8) is 0 Å². The number of benzene rings is 1. The van der Waals surface area contributed by atoms with Crippen LogP contribution in [0.4, 0.5) is 8.78 Å². The van der Waals surface area contributed by atoms with Crippen molar-refractivity contribution in [3.8, 4) is 10.4 Å². The van der Waals surface area contributed by atoms with Crippen LogP contribution in [0.15, 0.2) is 30.3 Å². The Hall–Kier alpha value is -1.22. The van der Waals surface area contributed by atoms with Gasteiger partial charge in [0.05, 0.1) is 0 Å².